The molecule has 1 unspecified atom stereocenters. The number of benzene rings is 1. The summed E-state index contributed by atoms with van der Waals surface area (Å²) in [6.45, 7) is 3.78. The molecular weight excluding hydrogens is 276 g/mol. The molecule has 5 heteroatoms. The zero-order chi connectivity index (χ0) is 15.1. The number of likely N-dealkylation sites (tertiary alicyclic amines) is 1. The van der Waals surface area contributed by atoms with Crippen LogP contribution in [0, 0.1) is 5.92 Å². The van der Waals surface area contributed by atoms with Crippen LogP contribution in [0.1, 0.15) is 25.3 Å². The molecule has 1 heterocycles. The summed E-state index contributed by atoms with van der Waals surface area (Å²) in [5.74, 6) is 0.807. The van der Waals surface area contributed by atoms with E-state index >= 15 is 0 Å². The van der Waals surface area contributed by atoms with Crippen molar-refractivity contribution < 1.29 is 18.3 Å². The van der Waals surface area contributed by atoms with Gasteiger partial charge in [-0.25, -0.2) is 0 Å². The quantitative estimate of drug-likeness (QED) is 0.685. The van der Waals surface area contributed by atoms with Crippen LogP contribution in [-0.4, -0.2) is 37.8 Å². The Hall–Kier alpha value is -1.20. The average Bonchev–Trinajstić information content (AvgIpc) is 2.86. The molecule has 1 fully saturated rings. The molecule has 1 aliphatic rings. The van der Waals surface area contributed by atoms with Crippen molar-refractivity contribution in [3.05, 3.63) is 29.8 Å². The molecule has 3 nitrogen and oxygen atoms in total. The predicted octanol–water partition coefficient (Wildman–Crippen LogP) is 3.54. The second kappa shape index (κ2) is 8.29. The van der Waals surface area contributed by atoms with Crippen molar-refractivity contribution in [2.24, 2.45) is 5.92 Å². The van der Waals surface area contributed by atoms with Crippen molar-refractivity contribution in [1.29, 1.82) is 0 Å². The van der Waals surface area contributed by atoms with E-state index in [2.05, 4.69) is 16.6 Å². The first-order chi connectivity index (χ1) is 10.2. The minimum atomic E-state index is -2.77. The third-order valence-electron chi connectivity index (χ3n) is 3.60. The maximum absolute atomic E-state index is 12.2. The maximum Gasteiger partial charge on any atom is 0.387 e. The fourth-order valence-corrected chi connectivity index (χ4v) is 2.67. The topological polar surface area (TPSA) is 21.7 Å². The van der Waals surface area contributed by atoms with Gasteiger partial charge in [0.25, 0.3) is 0 Å². The van der Waals surface area contributed by atoms with Crippen LogP contribution in [0.15, 0.2) is 24.3 Å². The lowest BCUT2D eigenvalue weighted by Crippen LogP contribution is -2.21. The highest BCUT2D eigenvalue weighted by Gasteiger charge is 2.22. The first-order valence-corrected chi connectivity index (χ1v) is 7.51. The Bertz CT molecular complexity index is 428. The Kier molecular flexibility index (Phi) is 6.39. The fraction of sp³-hybridized carbons (Fsp3) is 0.625. The Morgan fingerprint density at radius 1 is 1.38 bits per heavy atom. The van der Waals surface area contributed by atoms with Gasteiger partial charge < -0.3 is 9.47 Å². The van der Waals surface area contributed by atoms with Crippen molar-refractivity contribution in [3.8, 4) is 5.75 Å². The Balaban J connectivity index is 1.80. The van der Waals surface area contributed by atoms with E-state index < -0.39 is 6.61 Å². The highest BCUT2D eigenvalue weighted by molar-refractivity contribution is 5.28. The van der Waals surface area contributed by atoms with Crippen LogP contribution < -0.4 is 4.74 Å². The van der Waals surface area contributed by atoms with E-state index in [9.17, 15) is 8.78 Å². The normalized spacial score (nSPS) is 19.3. The van der Waals surface area contributed by atoms with Gasteiger partial charge in [-0.2, -0.15) is 8.78 Å². The molecule has 118 valence electrons. The summed E-state index contributed by atoms with van der Waals surface area (Å²) >= 11 is 0. The lowest BCUT2D eigenvalue weighted by molar-refractivity contribution is -0.0499. The van der Waals surface area contributed by atoms with E-state index in [1.807, 2.05) is 6.07 Å². The van der Waals surface area contributed by atoms with Gasteiger partial charge in [0.15, 0.2) is 0 Å². The fourth-order valence-electron chi connectivity index (χ4n) is 2.67. The molecule has 1 aromatic carbocycles. The van der Waals surface area contributed by atoms with E-state index in [4.69, 9.17) is 4.74 Å². The van der Waals surface area contributed by atoms with Gasteiger partial charge in [-0.05, 0) is 43.0 Å². The number of hydrogen-bond acceptors (Lipinski definition) is 3. The monoisotopic (exact) mass is 299 g/mol. The van der Waals surface area contributed by atoms with E-state index in [1.54, 1.807) is 18.2 Å². The number of hydrogen-bond donors (Lipinski definition) is 0. The van der Waals surface area contributed by atoms with Crippen LogP contribution in [0.2, 0.25) is 0 Å². The molecule has 0 aromatic heterocycles. The lowest BCUT2D eigenvalue weighted by Gasteiger charge is -2.16. The summed E-state index contributed by atoms with van der Waals surface area (Å²) in [6, 6.07) is 6.94. The molecule has 0 saturated carbocycles. The smallest absolute Gasteiger partial charge is 0.387 e. The van der Waals surface area contributed by atoms with Gasteiger partial charge in [0, 0.05) is 19.7 Å². The van der Waals surface area contributed by atoms with E-state index in [-0.39, 0.29) is 5.75 Å². The zero-order valence-corrected chi connectivity index (χ0v) is 12.4. The molecule has 21 heavy (non-hydrogen) atoms. The Labute approximate surface area is 124 Å². The lowest BCUT2D eigenvalue weighted by atomic mass is 10.1. The summed E-state index contributed by atoms with van der Waals surface area (Å²) in [4.78, 5) is 2.33. The molecule has 0 bridgehead atoms. The standard InChI is InChI=1S/C16H23F2NO2/c1-2-8-20-12-14-6-7-19(11-14)10-13-4-3-5-15(9-13)21-16(17)18/h3-5,9,14,16H,2,6-8,10-12H2,1H3. The molecule has 0 aliphatic carbocycles. The van der Waals surface area contributed by atoms with Gasteiger partial charge in [0.05, 0.1) is 6.61 Å². The second-order valence-corrected chi connectivity index (χ2v) is 5.49. The second-order valence-electron chi connectivity index (χ2n) is 5.49. The largest absolute Gasteiger partial charge is 0.435 e. The Morgan fingerprint density at radius 3 is 3.00 bits per heavy atom. The van der Waals surface area contributed by atoms with Crippen LogP contribution in [0.3, 0.4) is 0 Å². The molecule has 1 atom stereocenters. The van der Waals surface area contributed by atoms with Gasteiger partial charge >= 0.3 is 6.61 Å². The van der Waals surface area contributed by atoms with Gasteiger partial charge in [0.1, 0.15) is 5.75 Å². The van der Waals surface area contributed by atoms with Gasteiger partial charge in [-0.15, -0.1) is 0 Å². The van der Waals surface area contributed by atoms with Gasteiger partial charge in [0.2, 0.25) is 0 Å². The minimum Gasteiger partial charge on any atom is -0.435 e. The molecule has 1 aromatic rings. The summed E-state index contributed by atoms with van der Waals surface area (Å²) in [6.07, 6.45) is 2.18. The van der Waals surface area contributed by atoms with Crippen molar-refractivity contribution in [2.75, 3.05) is 26.3 Å². The minimum absolute atomic E-state index is 0.226. The van der Waals surface area contributed by atoms with Crippen molar-refractivity contribution in [3.63, 3.8) is 0 Å². The zero-order valence-electron chi connectivity index (χ0n) is 12.4. The van der Waals surface area contributed by atoms with Crippen LogP contribution in [0.5, 0.6) is 5.75 Å². The molecular formula is C16H23F2NO2. The Morgan fingerprint density at radius 2 is 2.24 bits per heavy atom. The highest BCUT2D eigenvalue weighted by Crippen LogP contribution is 2.21. The molecule has 1 aliphatic heterocycles. The summed E-state index contributed by atoms with van der Waals surface area (Å²) in [5.41, 5.74) is 1.00. The number of nitrogens with zero attached hydrogens (tertiary/aromatic N) is 1. The first kappa shape index (κ1) is 16.2. The summed E-state index contributed by atoms with van der Waals surface area (Å²) in [7, 11) is 0. The third kappa shape index (κ3) is 5.59. The van der Waals surface area contributed by atoms with Crippen molar-refractivity contribution >= 4 is 0 Å². The number of ether oxygens (including phenoxy) is 2. The molecule has 0 spiro atoms. The van der Waals surface area contributed by atoms with Gasteiger partial charge in [-0.1, -0.05) is 19.1 Å². The van der Waals surface area contributed by atoms with Crippen molar-refractivity contribution in [2.45, 2.75) is 32.9 Å². The van der Waals surface area contributed by atoms with Crippen LogP contribution in [0.4, 0.5) is 8.78 Å². The van der Waals surface area contributed by atoms with Gasteiger partial charge in [-0.3, -0.25) is 4.90 Å². The average molecular weight is 299 g/mol. The number of halogens is 2. The first-order valence-electron chi connectivity index (χ1n) is 7.51. The summed E-state index contributed by atoms with van der Waals surface area (Å²) in [5, 5.41) is 0. The van der Waals surface area contributed by atoms with Crippen molar-refractivity contribution in [1.82, 2.24) is 4.90 Å². The number of rotatable bonds is 8. The highest BCUT2D eigenvalue weighted by atomic mass is 19.3. The SMILES string of the molecule is CCCOCC1CCN(Cc2cccc(OC(F)F)c2)C1. The number of alkyl halides is 2. The molecule has 1 saturated heterocycles. The van der Waals surface area contributed by atoms with Crippen LogP contribution in [0.25, 0.3) is 0 Å². The van der Waals surface area contributed by atoms with E-state index in [1.165, 1.54) is 0 Å². The van der Waals surface area contributed by atoms with E-state index in [0.717, 1.165) is 51.3 Å². The van der Waals surface area contributed by atoms with Crippen LogP contribution in [-0.2, 0) is 11.3 Å². The molecule has 0 radical (unpaired) electrons. The predicted molar refractivity (Wildman–Crippen MR) is 77.6 cm³/mol. The molecule has 0 N–H and O–H groups in total. The molecule has 2 rings (SSSR count). The molecule has 0 amide bonds. The summed E-state index contributed by atoms with van der Waals surface area (Å²) < 4.78 is 34.5. The maximum atomic E-state index is 12.2. The third-order valence-corrected chi connectivity index (χ3v) is 3.60. The van der Waals surface area contributed by atoms with Crippen LogP contribution >= 0.6 is 0 Å². The van der Waals surface area contributed by atoms with E-state index in [0.29, 0.717) is 5.92 Å².